The highest BCUT2D eigenvalue weighted by Gasteiger charge is 2.26. The Morgan fingerprint density at radius 1 is 1.25 bits per heavy atom. The summed E-state index contributed by atoms with van der Waals surface area (Å²) in [6.07, 6.45) is 2.81. The lowest BCUT2D eigenvalue weighted by Crippen LogP contribution is -2.39. The second-order valence-electron chi connectivity index (χ2n) is 5.99. The molecule has 8 nitrogen and oxygen atoms in total. The molecular weight excluding hydrogens is 308 g/mol. The normalized spacial score (nSPS) is 15.3. The fourth-order valence-electron chi connectivity index (χ4n) is 2.87. The number of carbonyl (C=O) groups excluding carboxylic acids is 1. The van der Waals surface area contributed by atoms with E-state index in [1.807, 2.05) is 19.9 Å². The Morgan fingerprint density at radius 3 is 2.54 bits per heavy atom. The van der Waals surface area contributed by atoms with E-state index < -0.39 is 5.69 Å². The highest BCUT2D eigenvalue weighted by Crippen LogP contribution is 2.22. The number of piperidine rings is 1. The van der Waals surface area contributed by atoms with Crippen LogP contribution in [0.1, 0.15) is 24.2 Å². The van der Waals surface area contributed by atoms with Gasteiger partial charge in [0, 0.05) is 36.6 Å². The number of carbonyl (C=O) groups is 1. The highest BCUT2D eigenvalue weighted by atomic mass is 16.2. The largest absolute Gasteiger partial charge is 0.346 e. The van der Waals surface area contributed by atoms with Gasteiger partial charge in [-0.1, -0.05) is 0 Å². The van der Waals surface area contributed by atoms with Crippen molar-refractivity contribution in [2.45, 2.75) is 26.7 Å². The van der Waals surface area contributed by atoms with Gasteiger partial charge in [0.15, 0.2) is 0 Å². The first kappa shape index (κ1) is 16.1. The van der Waals surface area contributed by atoms with Gasteiger partial charge in [0.25, 0.3) is 0 Å². The van der Waals surface area contributed by atoms with Crippen LogP contribution in [0.4, 0.5) is 11.8 Å². The third kappa shape index (κ3) is 3.76. The number of anilines is 2. The number of nitrogens with zero attached hydrogens (tertiary/aromatic N) is 4. The summed E-state index contributed by atoms with van der Waals surface area (Å²) in [6.45, 7) is 5.36. The Labute approximate surface area is 139 Å². The van der Waals surface area contributed by atoms with Crippen molar-refractivity contribution in [3.8, 4) is 0 Å². The van der Waals surface area contributed by atoms with Crippen LogP contribution in [0, 0.1) is 19.8 Å². The van der Waals surface area contributed by atoms with Crippen molar-refractivity contribution in [1.82, 2.24) is 19.9 Å². The van der Waals surface area contributed by atoms with E-state index in [9.17, 15) is 9.59 Å². The van der Waals surface area contributed by atoms with Crippen LogP contribution < -0.4 is 15.9 Å². The molecule has 0 aromatic carbocycles. The molecule has 0 radical (unpaired) electrons. The molecule has 2 N–H and O–H groups in total. The van der Waals surface area contributed by atoms with Crippen LogP contribution in [0.2, 0.25) is 0 Å². The molecule has 1 amide bonds. The van der Waals surface area contributed by atoms with Gasteiger partial charge in [-0.25, -0.2) is 19.7 Å². The summed E-state index contributed by atoms with van der Waals surface area (Å²) in [4.78, 5) is 40.6. The maximum absolute atomic E-state index is 12.3. The standard InChI is InChI=1S/C16H20N6O2/c1-10-9-11(2)19-15(18-10)22-7-4-12(5-8-22)14(23)20-13-3-6-17-16(24)21-13/h3,6,9,12H,4-5,7-8H2,1-2H3,(H2,17,20,21,23,24). The zero-order chi connectivity index (χ0) is 17.1. The van der Waals surface area contributed by atoms with Crippen molar-refractivity contribution >= 4 is 17.7 Å². The van der Waals surface area contributed by atoms with Gasteiger partial charge in [0.05, 0.1) is 0 Å². The molecule has 126 valence electrons. The SMILES string of the molecule is Cc1cc(C)nc(N2CCC(C(=O)Nc3ccnc(=O)[nH]3)CC2)n1. The second-order valence-corrected chi connectivity index (χ2v) is 5.99. The average molecular weight is 328 g/mol. The first-order chi connectivity index (χ1) is 11.5. The Hall–Kier alpha value is -2.77. The minimum absolute atomic E-state index is 0.0853. The molecular formula is C16H20N6O2. The summed E-state index contributed by atoms with van der Waals surface area (Å²) >= 11 is 0. The lowest BCUT2D eigenvalue weighted by Gasteiger charge is -2.31. The van der Waals surface area contributed by atoms with E-state index in [0.717, 1.165) is 43.3 Å². The van der Waals surface area contributed by atoms with E-state index in [2.05, 4.69) is 30.2 Å². The number of H-pyrrole nitrogens is 1. The molecule has 8 heteroatoms. The molecule has 0 unspecified atom stereocenters. The maximum Gasteiger partial charge on any atom is 0.346 e. The summed E-state index contributed by atoms with van der Waals surface area (Å²) in [5.74, 6) is 0.923. The Morgan fingerprint density at radius 2 is 1.92 bits per heavy atom. The number of aromatic amines is 1. The predicted octanol–water partition coefficient (Wildman–Crippen LogP) is 1.03. The Balaban J connectivity index is 1.60. The van der Waals surface area contributed by atoms with E-state index in [1.54, 1.807) is 6.07 Å². The minimum Gasteiger partial charge on any atom is -0.341 e. The molecule has 1 fully saturated rings. The highest BCUT2D eigenvalue weighted by molar-refractivity contribution is 5.91. The van der Waals surface area contributed by atoms with Crippen molar-refractivity contribution in [1.29, 1.82) is 0 Å². The molecule has 2 aromatic heterocycles. The average Bonchev–Trinajstić information content (AvgIpc) is 2.54. The molecule has 0 saturated carbocycles. The fraction of sp³-hybridized carbons (Fsp3) is 0.438. The molecule has 1 aliphatic rings. The van der Waals surface area contributed by atoms with Gasteiger partial charge in [-0.15, -0.1) is 0 Å². The van der Waals surface area contributed by atoms with Gasteiger partial charge in [-0.05, 0) is 38.8 Å². The smallest absolute Gasteiger partial charge is 0.341 e. The molecule has 3 heterocycles. The van der Waals surface area contributed by atoms with Crippen molar-refractivity contribution in [2.75, 3.05) is 23.3 Å². The van der Waals surface area contributed by atoms with Gasteiger partial charge in [-0.2, -0.15) is 0 Å². The number of rotatable bonds is 3. The van der Waals surface area contributed by atoms with Crippen LogP contribution in [0.3, 0.4) is 0 Å². The predicted molar refractivity (Wildman–Crippen MR) is 89.9 cm³/mol. The summed E-state index contributed by atoms with van der Waals surface area (Å²) < 4.78 is 0. The maximum atomic E-state index is 12.3. The first-order valence-corrected chi connectivity index (χ1v) is 7.95. The number of hydrogen-bond donors (Lipinski definition) is 2. The van der Waals surface area contributed by atoms with Crippen LogP contribution in [0.25, 0.3) is 0 Å². The molecule has 24 heavy (non-hydrogen) atoms. The Bertz CT molecular complexity index is 775. The third-order valence-corrected chi connectivity index (χ3v) is 4.05. The van der Waals surface area contributed by atoms with Gasteiger partial charge < -0.3 is 10.2 Å². The molecule has 1 aliphatic heterocycles. The topological polar surface area (TPSA) is 104 Å². The Kier molecular flexibility index (Phi) is 4.54. The van der Waals surface area contributed by atoms with Crippen molar-refractivity contribution in [3.63, 3.8) is 0 Å². The van der Waals surface area contributed by atoms with Gasteiger partial charge in [-0.3, -0.25) is 9.78 Å². The number of amides is 1. The molecule has 1 saturated heterocycles. The summed E-state index contributed by atoms with van der Waals surface area (Å²) in [5, 5.41) is 2.74. The zero-order valence-electron chi connectivity index (χ0n) is 13.7. The first-order valence-electron chi connectivity index (χ1n) is 7.95. The molecule has 0 aliphatic carbocycles. The lowest BCUT2D eigenvalue weighted by atomic mass is 9.96. The van der Waals surface area contributed by atoms with Crippen molar-refractivity contribution in [2.24, 2.45) is 5.92 Å². The van der Waals surface area contributed by atoms with Crippen molar-refractivity contribution in [3.05, 3.63) is 40.2 Å². The van der Waals surface area contributed by atoms with Crippen LogP contribution in [-0.2, 0) is 4.79 Å². The van der Waals surface area contributed by atoms with Gasteiger partial charge in [0.1, 0.15) is 5.82 Å². The minimum atomic E-state index is -0.477. The second kappa shape index (κ2) is 6.77. The molecule has 0 bridgehead atoms. The molecule has 3 rings (SSSR count). The number of aryl methyl sites for hydroxylation is 2. The van der Waals surface area contributed by atoms with Crippen LogP contribution >= 0.6 is 0 Å². The quantitative estimate of drug-likeness (QED) is 0.872. The van der Waals surface area contributed by atoms with Gasteiger partial charge in [0.2, 0.25) is 11.9 Å². The van der Waals surface area contributed by atoms with Crippen LogP contribution in [0.5, 0.6) is 0 Å². The lowest BCUT2D eigenvalue weighted by molar-refractivity contribution is -0.120. The fourth-order valence-corrected chi connectivity index (χ4v) is 2.87. The van der Waals surface area contributed by atoms with Crippen LogP contribution in [-0.4, -0.2) is 38.9 Å². The summed E-state index contributed by atoms with van der Waals surface area (Å²) in [7, 11) is 0. The molecule has 2 aromatic rings. The third-order valence-electron chi connectivity index (χ3n) is 4.05. The number of aromatic nitrogens is 4. The monoisotopic (exact) mass is 328 g/mol. The number of nitrogens with one attached hydrogen (secondary N) is 2. The summed E-state index contributed by atoms with van der Waals surface area (Å²) in [6, 6.07) is 3.51. The van der Waals surface area contributed by atoms with Gasteiger partial charge >= 0.3 is 5.69 Å². The molecule has 0 atom stereocenters. The van der Waals surface area contributed by atoms with E-state index in [-0.39, 0.29) is 11.8 Å². The van der Waals surface area contributed by atoms with E-state index in [1.165, 1.54) is 6.20 Å². The zero-order valence-corrected chi connectivity index (χ0v) is 13.7. The molecule has 0 spiro atoms. The number of hydrogen-bond acceptors (Lipinski definition) is 6. The summed E-state index contributed by atoms with van der Waals surface area (Å²) in [5.41, 5.74) is 1.41. The van der Waals surface area contributed by atoms with Crippen LogP contribution in [0.15, 0.2) is 23.1 Å². The van der Waals surface area contributed by atoms with E-state index >= 15 is 0 Å². The van der Waals surface area contributed by atoms with E-state index in [0.29, 0.717) is 5.82 Å². The van der Waals surface area contributed by atoms with E-state index in [4.69, 9.17) is 0 Å². The van der Waals surface area contributed by atoms with Crippen molar-refractivity contribution < 1.29 is 4.79 Å².